The lowest BCUT2D eigenvalue weighted by Crippen LogP contribution is -2.30. The van der Waals surface area contributed by atoms with Gasteiger partial charge in [0.05, 0.1) is 16.6 Å². The van der Waals surface area contributed by atoms with Gasteiger partial charge in [-0.25, -0.2) is 12.8 Å². The number of halogens is 2. The van der Waals surface area contributed by atoms with Gasteiger partial charge in [0.15, 0.2) is 0 Å². The van der Waals surface area contributed by atoms with Crippen LogP contribution in [0.3, 0.4) is 0 Å². The lowest BCUT2D eigenvalue weighted by Gasteiger charge is -2.38. The maximum absolute atomic E-state index is 14.8. The van der Waals surface area contributed by atoms with Crippen LogP contribution in [0.4, 0.5) is 15.8 Å². The van der Waals surface area contributed by atoms with Gasteiger partial charge in [0.1, 0.15) is 5.82 Å². The van der Waals surface area contributed by atoms with Crippen molar-refractivity contribution in [2.45, 2.75) is 23.3 Å². The van der Waals surface area contributed by atoms with Gasteiger partial charge in [-0.2, -0.15) is 0 Å². The summed E-state index contributed by atoms with van der Waals surface area (Å²) in [5.41, 5.74) is 2.65. The van der Waals surface area contributed by atoms with Crippen molar-refractivity contribution in [3.8, 4) is 0 Å². The van der Waals surface area contributed by atoms with Gasteiger partial charge < -0.3 is 5.32 Å². The Morgan fingerprint density at radius 1 is 0.971 bits per heavy atom. The molecule has 4 aromatic rings. The van der Waals surface area contributed by atoms with Crippen LogP contribution in [0.2, 0.25) is 5.02 Å². The average Bonchev–Trinajstić information content (AvgIpc) is 3.34. The molecular weight excluding hydrogens is 483 g/mol. The second-order valence-electron chi connectivity index (χ2n) is 8.99. The van der Waals surface area contributed by atoms with Crippen molar-refractivity contribution in [3.05, 3.63) is 113 Å². The molecule has 4 nitrogen and oxygen atoms in total. The third kappa shape index (κ3) is 3.77. The average molecular weight is 505 g/mol. The molecule has 0 spiro atoms. The lowest BCUT2D eigenvalue weighted by molar-refractivity contribution is 0.413. The number of benzene rings is 4. The highest BCUT2D eigenvalue weighted by atomic mass is 35.5. The molecule has 0 fully saturated rings. The SMILES string of the molecule is O=S(=O)(Nc1cccc2ccccc12)c1ccc2c(c1)[C@H]1C=CC[C@H]1[C@@H](c1c(F)cccc1Cl)N2. The molecule has 35 heavy (non-hydrogen) atoms. The number of hydrogen-bond donors (Lipinski definition) is 2. The van der Waals surface area contributed by atoms with Gasteiger partial charge >= 0.3 is 0 Å². The summed E-state index contributed by atoms with van der Waals surface area (Å²) in [5.74, 6) is -0.358. The summed E-state index contributed by atoms with van der Waals surface area (Å²) in [6.45, 7) is 0. The van der Waals surface area contributed by atoms with Crippen molar-refractivity contribution in [1.29, 1.82) is 0 Å². The van der Waals surface area contributed by atoms with Crippen molar-refractivity contribution in [2.24, 2.45) is 5.92 Å². The second-order valence-corrected chi connectivity index (χ2v) is 11.1. The summed E-state index contributed by atoms with van der Waals surface area (Å²) in [7, 11) is -3.83. The fourth-order valence-electron chi connectivity index (χ4n) is 5.35. The molecule has 176 valence electrons. The van der Waals surface area contributed by atoms with Crippen molar-refractivity contribution in [2.75, 3.05) is 10.0 Å². The van der Waals surface area contributed by atoms with E-state index < -0.39 is 10.0 Å². The van der Waals surface area contributed by atoms with E-state index in [1.54, 1.807) is 36.4 Å². The third-order valence-electron chi connectivity index (χ3n) is 6.99. The monoisotopic (exact) mass is 504 g/mol. The predicted molar refractivity (Wildman–Crippen MR) is 139 cm³/mol. The molecule has 0 aromatic heterocycles. The summed E-state index contributed by atoms with van der Waals surface area (Å²) in [6, 6.07) is 22.7. The Labute approximate surface area is 208 Å². The molecule has 2 N–H and O–H groups in total. The minimum Gasteiger partial charge on any atom is -0.378 e. The molecule has 1 heterocycles. The van der Waals surface area contributed by atoms with Crippen molar-refractivity contribution < 1.29 is 12.8 Å². The van der Waals surface area contributed by atoms with E-state index in [1.165, 1.54) is 6.07 Å². The minimum absolute atomic E-state index is 0.0286. The van der Waals surface area contributed by atoms with Gasteiger partial charge in [0.2, 0.25) is 0 Å². The minimum atomic E-state index is -3.83. The molecule has 0 unspecified atom stereocenters. The van der Waals surface area contributed by atoms with Gasteiger partial charge in [0, 0.05) is 27.6 Å². The normalized spacial score (nSPS) is 20.8. The van der Waals surface area contributed by atoms with Crippen molar-refractivity contribution >= 4 is 43.8 Å². The summed E-state index contributed by atoms with van der Waals surface area (Å²) in [6.07, 6.45) is 4.90. The van der Waals surface area contributed by atoms with E-state index in [9.17, 15) is 12.8 Å². The number of rotatable bonds is 4. The molecule has 0 bridgehead atoms. The summed E-state index contributed by atoms with van der Waals surface area (Å²) < 4.78 is 44.3. The molecule has 1 aliphatic carbocycles. The zero-order valence-corrected chi connectivity index (χ0v) is 20.2. The highest BCUT2D eigenvalue weighted by Crippen LogP contribution is 2.51. The zero-order chi connectivity index (χ0) is 24.2. The molecule has 4 aromatic carbocycles. The van der Waals surface area contributed by atoms with E-state index in [0.717, 1.165) is 28.4 Å². The van der Waals surface area contributed by atoms with Crippen LogP contribution >= 0.6 is 11.6 Å². The Morgan fingerprint density at radius 2 is 1.77 bits per heavy atom. The van der Waals surface area contributed by atoms with Crippen LogP contribution in [-0.4, -0.2) is 8.42 Å². The molecule has 2 aliphatic rings. The Kier molecular flexibility index (Phi) is 5.31. The van der Waals surface area contributed by atoms with Crippen LogP contribution in [0.15, 0.2) is 95.9 Å². The predicted octanol–water partition coefficient (Wildman–Crippen LogP) is 7.26. The first-order valence-electron chi connectivity index (χ1n) is 11.4. The molecule has 1 aliphatic heterocycles. The van der Waals surface area contributed by atoms with E-state index in [0.29, 0.717) is 16.3 Å². The number of anilines is 2. The Bertz CT molecular complexity index is 1580. The summed E-state index contributed by atoms with van der Waals surface area (Å²) >= 11 is 6.40. The first-order valence-corrected chi connectivity index (χ1v) is 13.3. The molecule has 6 rings (SSSR count). The fraction of sp³-hybridized carbons (Fsp3) is 0.143. The first kappa shape index (κ1) is 22.1. The molecule has 0 amide bonds. The Balaban J connectivity index is 1.38. The van der Waals surface area contributed by atoms with Crippen LogP contribution in [0.25, 0.3) is 10.8 Å². The van der Waals surface area contributed by atoms with Gasteiger partial charge in [0.25, 0.3) is 10.0 Å². The molecule has 0 radical (unpaired) electrons. The van der Waals surface area contributed by atoms with E-state index in [1.807, 2.05) is 36.4 Å². The van der Waals surface area contributed by atoms with Gasteiger partial charge in [-0.1, -0.05) is 66.2 Å². The maximum Gasteiger partial charge on any atom is 0.261 e. The third-order valence-corrected chi connectivity index (χ3v) is 8.68. The number of allylic oxidation sites excluding steroid dienone is 2. The van der Waals surface area contributed by atoms with Crippen molar-refractivity contribution in [1.82, 2.24) is 0 Å². The van der Waals surface area contributed by atoms with Crippen LogP contribution < -0.4 is 10.0 Å². The van der Waals surface area contributed by atoms with E-state index >= 15 is 0 Å². The van der Waals surface area contributed by atoms with Gasteiger partial charge in [-0.15, -0.1) is 0 Å². The molecule has 3 atom stereocenters. The van der Waals surface area contributed by atoms with Crippen LogP contribution in [0, 0.1) is 11.7 Å². The quantitative estimate of drug-likeness (QED) is 0.287. The summed E-state index contributed by atoms with van der Waals surface area (Å²) in [5, 5.41) is 5.62. The van der Waals surface area contributed by atoms with Crippen molar-refractivity contribution in [3.63, 3.8) is 0 Å². The topological polar surface area (TPSA) is 58.2 Å². The molecule has 0 saturated heterocycles. The molecule has 0 saturated carbocycles. The number of hydrogen-bond acceptors (Lipinski definition) is 3. The summed E-state index contributed by atoms with van der Waals surface area (Å²) in [4.78, 5) is 0.187. The lowest BCUT2D eigenvalue weighted by atomic mass is 9.77. The first-order chi connectivity index (χ1) is 16.9. The number of fused-ring (bicyclic) bond motifs is 4. The Hall–Kier alpha value is -3.35. The van der Waals surface area contributed by atoms with E-state index in [4.69, 9.17) is 11.6 Å². The van der Waals surface area contributed by atoms with Crippen LogP contribution in [-0.2, 0) is 10.0 Å². The zero-order valence-electron chi connectivity index (χ0n) is 18.6. The van der Waals surface area contributed by atoms with Gasteiger partial charge in [-0.3, -0.25) is 4.72 Å². The fourth-order valence-corrected chi connectivity index (χ4v) is 6.75. The number of nitrogens with one attached hydrogen (secondary N) is 2. The largest absolute Gasteiger partial charge is 0.378 e. The smallest absolute Gasteiger partial charge is 0.261 e. The highest BCUT2D eigenvalue weighted by Gasteiger charge is 2.40. The number of sulfonamides is 1. The highest BCUT2D eigenvalue weighted by molar-refractivity contribution is 7.92. The molecule has 7 heteroatoms. The van der Waals surface area contributed by atoms with Gasteiger partial charge in [-0.05, 0) is 59.7 Å². The molecular formula is C28H22ClFN2O2S. The standard InChI is InChI=1S/C28H22ClFN2O2S/c29-23-11-5-12-24(30)27(23)28-21-10-4-9-20(21)22-16-18(14-15-25(22)31-28)35(33,34)32-26-13-3-7-17-6-1-2-8-19(17)26/h1-9,11-16,20-21,28,31-32H,10H2/t20-,21+,28-/m0/s1. The van der Waals surface area contributed by atoms with E-state index in [2.05, 4.69) is 22.2 Å². The van der Waals surface area contributed by atoms with E-state index in [-0.39, 0.29) is 28.6 Å². The van der Waals surface area contributed by atoms with Crippen LogP contribution in [0.5, 0.6) is 0 Å². The van der Waals surface area contributed by atoms with Crippen LogP contribution in [0.1, 0.15) is 29.5 Å². The second kappa shape index (κ2) is 8.40. The maximum atomic E-state index is 14.8. The Morgan fingerprint density at radius 3 is 2.63 bits per heavy atom.